The lowest BCUT2D eigenvalue weighted by Crippen LogP contribution is -2.42. The number of pyridine rings is 1. The zero-order valence-corrected chi connectivity index (χ0v) is 16.8. The number of nitrogens with two attached hydrogens (primary N) is 1. The first-order valence-corrected chi connectivity index (χ1v) is 10.1. The molecule has 154 valence electrons. The van der Waals surface area contributed by atoms with E-state index in [1.54, 1.807) is 6.07 Å². The number of ether oxygens (including phenoxy) is 1. The first-order valence-electron chi connectivity index (χ1n) is 10.1. The molecule has 2 aliphatic rings. The summed E-state index contributed by atoms with van der Waals surface area (Å²) in [5.74, 6) is 0.339. The molecule has 2 N–H and O–H groups in total. The smallest absolute Gasteiger partial charge is 0.410 e. The molecule has 8 nitrogen and oxygen atoms in total. The van der Waals surface area contributed by atoms with Crippen molar-refractivity contribution in [2.24, 2.45) is 5.73 Å². The summed E-state index contributed by atoms with van der Waals surface area (Å²) in [5, 5.41) is 0. The zero-order chi connectivity index (χ0) is 20.1. The van der Waals surface area contributed by atoms with E-state index in [0.717, 1.165) is 64.3 Å². The lowest BCUT2D eigenvalue weighted by molar-refractivity contribution is 0.0523. The molecular formula is C20H31N5O3. The van der Waals surface area contributed by atoms with E-state index < -0.39 is 5.91 Å². The fraction of sp³-hybridized carbons (Fsp3) is 0.650. The zero-order valence-electron chi connectivity index (χ0n) is 16.8. The van der Waals surface area contributed by atoms with Gasteiger partial charge in [0.25, 0.3) is 0 Å². The minimum atomic E-state index is -0.477. The number of aromatic nitrogens is 1. The number of primary amides is 1. The number of carbonyl (C=O) groups is 2. The number of rotatable bonds is 4. The maximum absolute atomic E-state index is 12.6. The van der Waals surface area contributed by atoms with Gasteiger partial charge in [0, 0.05) is 64.3 Å². The Morgan fingerprint density at radius 1 is 1.11 bits per heavy atom. The van der Waals surface area contributed by atoms with Crippen LogP contribution in [0.4, 0.5) is 10.6 Å². The molecule has 2 aliphatic heterocycles. The Balaban J connectivity index is 1.46. The third-order valence-corrected chi connectivity index (χ3v) is 5.58. The van der Waals surface area contributed by atoms with Crippen LogP contribution in [0.15, 0.2) is 18.3 Å². The Labute approximate surface area is 166 Å². The number of amides is 2. The summed E-state index contributed by atoms with van der Waals surface area (Å²) in [4.78, 5) is 34.4. The predicted octanol–water partition coefficient (Wildman–Crippen LogP) is 1.70. The van der Waals surface area contributed by atoms with Crippen molar-refractivity contribution >= 4 is 17.8 Å². The van der Waals surface area contributed by atoms with Crippen LogP contribution in [0.3, 0.4) is 0 Å². The molecule has 0 aliphatic carbocycles. The van der Waals surface area contributed by atoms with Gasteiger partial charge in [-0.2, -0.15) is 0 Å². The van der Waals surface area contributed by atoms with E-state index in [4.69, 9.17) is 10.5 Å². The summed E-state index contributed by atoms with van der Waals surface area (Å²) in [5.41, 5.74) is 5.66. The fourth-order valence-electron chi connectivity index (χ4n) is 3.78. The summed E-state index contributed by atoms with van der Waals surface area (Å²) < 4.78 is 5.78. The van der Waals surface area contributed by atoms with Crippen LogP contribution >= 0.6 is 0 Å². The minimum absolute atomic E-state index is 0.0573. The van der Waals surface area contributed by atoms with Crippen molar-refractivity contribution in [1.82, 2.24) is 14.8 Å². The van der Waals surface area contributed by atoms with Crippen LogP contribution < -0.4 is 10.6 Å². The molecule has 0 atom stereocenters. The van der Waals surface area contributed by atoms with Gasteiger partial charge in [0.15, 0.2) is 0 Å². The fourth-order valence-corrected chi connectivity index (χ4v) is 3.78. The highest BCUT2D eigenvalue weighted by Crippen LogP contribution is 2.21. The summed E-state index contributed by atoms with van der Waals surface area (Å²) >= 11 is 0. The normalized spacial score (nSPS) is 19.5. The number of piperidine rings is 1. The molecule has 0 aromatic carbocycles. The SMILES string of the molecule is CC(C)N1CCCN(C(=O)OC2CCN(c3ccc(C(N)=O)cn3)CC2)CC1. The average Bonchev–Trinajstić information content (AvgIpc) is 2.95. The summed E-state index contributed by atoms with van der Waals surface area (Å²) in [6.07, 6.45) is 3.79. The molecule has 0 radical (unpaired) electrons. The highest BCUT2D eigenvalue weighted by molar-refractivity contribution is 5.92. The van der Waals surface area contributed by atoms with Crippen LogP contribution in [0.2, 0.25) is 0 Å². The highest BCUT2D eigenvalue weighted by atomic mass is 16.6. The van der Waals surface area contributed by atoms with Gasteiger partial charge >= 0.3 is 6.09 Å². The molecule has 0 bridgehead atoms. The molecule has 28 heavy (non-hydrogen) atoms. The van der Waals surface area contributed by atoms with Gasteiger partial charge < -0.3 is 20.3 Å². The van der Waals surface area contributed by atoms with Gasteiger partial charge in [-0.3, -0.25) is 9.69 Å². The topological polar surface area (TPSA) is 92.0 Å². The van der Waals surface area contributed by atoms with E-state index in [9.17, 15) is 9.59 Å². The summed E-state index contributed by atoms with van der Waals surface area (Å²) in [6.45, 7) is 9.34. The van der Waals surface area contributed by atoms with Gasteiger partial charge in [-0.15, -0.1) is 0 Å². The molecule has 0 unspecified atom stereocenters. The molecule has 2 fully saturated rings. The van der Waals surface area contributed by atoms with Crippen molar-refractivity contribution < 1.29 is 14.3 Å². The van der Waals surface area contributed by atoms with Gasteiger partial charge in [0.1, 0.15) is 11.9 Å². The Morgan fingerprint density at radius 3 is 2.46 bits per heavy atom. The Kier molecular flexibility index (Phi) is 6.72. The maximum Gasteiger partial charge on any atom is 0.410 e. The van der Waals surface area contributed by atoms with E-state index in [1.165, 1.54) is 6.20 Å². The third-order valence-electron chi connectivity index (χ3n) is 5.58. The van der Waals surface area contributed by atoms with Crippen molar-refractivity contribution in [2.75, 3.05) is 44.2 Å². The van der Waals surface area contributed by atoms with E-state index >= 15 is 0 Å². The number of anilines is 1. The van der Waals surface area contributed by atoms with Crippen molar-refractivity contribution in [2.45, 2.75) is 45.3 Å². The number of hydrogen-bond donors (Lipinski definition) is 1. The van der Waals surface area contributed by atoms with E-state index in [-0.39, 0.29) is 12.2 Å². The standard InChI is InChI=1S/C20H31N5O3/c1-15(2)23-8-3-9-25(13-12-23)20(27)28-17-6-10-24(11-7-17)18-5-4-16(14-22-18)19(21)26/h4-5,14-15,17H,3,6-13H2,1-2H3,(H2,21,26). The maximum atomic E-state index is 12.6. The van der Waals surface area contributed by atoms with E-state index in [2.05, 4.69) is 28.6 Å². The van der Waals surface area contributed by atoms with Gasteiger partial charge in [-0.1, -0.05) is 0 Å². The first-order chi connectivity index (χ1) is 13.4. The monoisotopic (exact) mass is 389 g/mol. The molecular weight excluding hydrogens is 358 g/mol. The molecule has 0 spiro atoms. The first kappa shape index (κ1) is 20.4. The molecule has 0 saturated carbocycles. The van der Waals surface area contributed by atoms with Crippen LogP contribution in [0, 0.1) is 0 Å². The van der Waals surface area contributed by atoms with Gasteiger partial charge in [-0.05, 0) is 32.4 Å². The van der Waals surface area contributed by atoms with Crippen LogP contribution in [0.25, 0.3) is 0 Å². The third kappa shape index (κ3) is 5.13. The van der Waals surface area contributed by atoms with Crippen LogP contribution in [-0.2, 0) is 4.74 Å². The average molecular weight is 390 g/mol. The summed E-state index contributed by atoms with van der Waals surface area (Å²) in [6, 6.07) is 4.01. The molecule has 1 aromatic rings. The van der Waals surface area contributed by atoms with Crippen LogP contribution in [-0.4, -0.2) is 78.2 Å². The molecule has 2 amide bonds. The molecule has 3 heterocycles. The number of hydrogen-bond acceptors (Lipinski definition) is 6. The summed E-state index contributed by atoms with van der Waals surface area (Å²) in [7, 11) is 0. The van der Waals surface area contributed by atoms with Crippen molar-refractivity contribution in [3.05, 3.63) is 23.9 Å². The Bertz CT molecular complexity index is 671. The largest absolute Gasteiger partial charge is 0.446 e. The molecule has 2 saturated heterocycles. The van der Waals surface area contributed by atoms with Crippen molar-refractivity contribution in [3.63, 3.8) is 0 Å². The van der Waals surface area contributed by atoms with Crippen molar-refractivity contribution in [3.8, 4) is 0 Å². The second kappa shape index (κ2) is 9.23. The Morgan fingerprint density at radius 2 is 1.86 bits per heavy atom. The van der Waals surface area contributed by atoms with Crippen LogP contribution in [0.1, 0.15) is 43.5 Å². The second-order valence-electron chi connectivity index (χ2n) is 7.81. The quantitative estimate of drug-likeness (QED) is 0.843. The number of carbonyl (C=O) groups excluding carboxylic acids is 2. The molecule has 1 aromatic heterocycles. The molecule has 3 rings (SSSR count). The lowest BCUT2D eigenvalue weighted by atomic mass is 10.1. The van der Waals surface area contributed by atoms with E-state index in [0.29, 0.717) is 11.6 Å². The molecule has 8 heteroatoms. The van der Waals surface area contributed by atoms with Crippen molar-refractivity contribution in [1.29, 1.82) is 0 Å². The predicted molar refractivity (Wildman–Crippen MR) is 107 cm³/mol. The second-order valence-corrected chi connectivity index (χ2v) is 7.81. The highest BCUT2D eigenvalue weighted by Gasteiger charge is 2.27. The van der Waals surface area contributed by atoms with Gasteiger partial charge in [0.05, 0.1) is 5.56 Å². The van der Waals surface area contributed by atoms with Gasteiger partial charge in [0.2, 0.25) is 5.91 Å². The lowest BCUT2D eigenvalue weighted by Gasteiger charge is -2.33. The number of nitrogens with zero attached hydrogens (tertiary/aromatic N) is 4. The van der Waals surface area contributed by atoms with Gasteiger partial charge in [-0.25, -0.2) is 9.78 Å². The van der Waals surface area contributed by atoms with E-state index in [1.807, 2.05) is 11.0 Å². The Hall–Kier alpha value is -2.35. The van der Waals surface area contributed by atoms with Crippen LogP contribution in [0.5, 0.6) is 0 Å². The minimum Gasteiger partial charge on any atom is -0.446 e.